The number of aromatic nitrogens is 3. The van der Waals surface area contributed by atoms with Crippen LogP contribution in [0.4, 0.5) is 0 Å². The number of rotatable bonds is 8. The molecule has 0 saturated heterocycles. The van der Waals surface area contributed by atoms with Gasteiger partial charge in [0, 0.05) is 21.3 Å². The molecule has 0 unspecified atom stereocenters. The van der Waals surface area contributed by atoms with Gasteiger partial charge in [-0.2, -0.15) is 5.10 Å². The van der Waals surface area contributed by atoms with Crippen molar-refractivity contribution in [3.63, 3.8) is 0 Å². The second-order valence-corrected chi connectivity index (χ2v) is 8.80. The van der Waals surface area contributed by atoms with Crippen LogP contribution in [0.1, 0.15) is 5.56 Å². The van der Waals surface area contributed by atoms with Crippen molar-refractivity contribution >= 4 is 47.1 Å². The molecule has 1 N–H and O–H groups in total. The Labute approximate surface area is 210 Å². The lowest BCUT2D eigenvalue weighted by Gasteiger charge is -2.10. The molecule has 0 atom stereocenters. The summed E-state index contributed by atoms with van der Waals surface area (Å²) in [5.41, 5.74) is 4.99. The molecule has 172 valence electrons. The number of amides is 1. The Kier molecular flexibility index (Phi) is 7.84. The highest BCUT2D eigenvalue weighted by Crippen LogP contribution is 2.29. The van der Waals surface area contributed by atoms with Gasteiger partial charge in [-0.25, -0.2) is 5.43 Å². The minimum Gasteiger partial charge on any atom is -0.497 e. The normalized spacial score (nSPS) is 11.0. The largest absolute Gasteiger partial charge is 0.497 e. The van der Waals surface area contributed by atoms with E-state index in [2.05, 4.69) is 20.7 Å². The summed E-state index contributed by atoms with van der Waals surface area (Å²) in [6, 6.07) is 22.0. The van der Waals surface area contributed by atoms with E-state index in [0.717, 1.165) is 16.8 Å². The summed E-state index contributed by atoms with van der Waals surface area (Å²) in [6.07, 6.45) is 1.56. The summed E-state index contributed by atoms with van der Waals surface area (Å²) < 4.78 is 7.05. The van der Waals surface area contributed by atoms with Crippen LogP contribution in [0.2, 0.25) is 10.0 Å². The third kappa shape index (κ3) is 5.96. The lowest BCUT2D eigenvalue weighted by molar-refractivity contribution is -0.118. The predicted octanol–water partition coefficient (Wildman–Crippen LogP) is 5.49. The standard InChI is InChI=1S/C24H19Cl2N5O2S/c1-33-21-4-2-3-16(13-21)14-27-28-22(32)15-34-24-30-29-23(17-5-7-18(25)8-6-17)31(24)20-11-9-19(26)10-12-20/h2-14H,15H2,1H3,(H,28,32)/b27-14-. The first-order chi connectivity index (χ1) is 16.5. The first-order valence-corrected chi connectivity index (χ1v) is 11.8. The number of thioether (sulfide) groups is 1. The monoisotopic (exact) mass is 511 g/mol. The Balaban J connectivity index is 1.50. The Hall–Kier alpha value is -3.33. The van der Waals surface area contributed by atoms with Crippen LogP contribution in [-0.2, 0) is 4.79 Å². The molecule has 1 heterocycles. The average Bonchev–Trinajstić information content (AvgIpc) is 3.28. The Bertz CT molecular complexity index is 1310. The molecule has 0 spiro atoms. The van der Waals surface area contributed by atoms with E-state index in [9.17, 15) is 4.79 Å². The van der Waals surface area contributed by atoms with E-state index < -0.39 is 0 Å². The van der Waals surface area contributed by atoms with Gasteiger partial charge in [0.2, 0.25) is 0 Å². The maximum atomic E-state index is 12.4. The van der Waals surface area contributed by atoms with E-state index in [4.69, 9.17) is 27.9 Å². The Morgan fingerprint density at radius 1 is 1.06 bits per heavy atom. The fourth-order valence-corrected chi connectivity index (χ4v) is 4.03. The lowest BCUT2D eigenvalue weighted by Crippen LogP contribution is -2.20. The maximum Gasteiger partial charge on any atom is 0.250 e. The highest BCUT2D eigenvalue weighted by molar-refractivity contribution is 7.99. The van der Waals surface area contributed by atoms with Crippen molar-refractivity contribution in [2.45, 2.75) is 5.16 Å². The number of benzene rings is 3. The van der Waals surface area contributed by atoms with Crippen LogP contribution in [0, 0.1) is 0 Å². The lowest BCUT2D eigenvalue weighted by atomic mass is 10.2. The van der Waals surface area contributed by atoms with E-state index in [1.54, 1.807) is 37.6 Å². The Morgan fingerprint density at radius 3 is 2.47 bits per heavy atom. The summed E-state index contributed by atoms with van der Waals surface area (Å²) in [7, 11) is 1.59. The molecule has 0 aliphatic rings. The van der Waals surface area contributed by atoms with Crippen LogP contribution in [0.3, 0.4) is 0 Å². The molecule has 0 bridgehead atoms. The van der Waals surface area contributed by atoms with E-state index in [0.29, 0.717) is 26.8 Å². The average molecular weight is 512 g/mol. The van der Waals surface area contributed by atoms with Crippen molar-refractivity contribution in [2.24, 2.45) is 5.10 Å². The van der Waals surface area contributed by atoms with Gasteiger partial charge in [0.25, 0.3) is 5.91 Å². The minimum atomic E-state index is -0.275. The molecule has 0 radical (unpaired) electrons. The maximum absolute atomic E-state index is 12.4. The second-order valence-electron chi connectivity index (χ2n) is 6.98. The van der Waals surface area contributed by atoms with E-state index in [1.165, 1.54) is 11.8 Å². The number of ether oxygens (including phenoxy) is 1. The minimum absolute atomic E-state index is 0.0990. The van der Waals surface area contributed by atoms with Gasteiger partial charge in [0.15, 0.2) is 11.0 Å². The van der Waals surface area contributed by atoms with E-state index >= 15 is 0 Å². The second kappa shape index (κ2) is 11.2. The van der Waals surface area contributed by atoms with Crippen molar-refractivity contribution in [2.75, 3.05) is 12.9 Å². The molecular weight excluding hydrogens is 493 g/mol. The number of nitrogens with zero attached hydrogens (tertiary/aromatic N) is 4. The van der Waals surface area contributed by atoms with Crippen LogP contribution in [0.5, 0.6) is 5.75 Å². The summed E-state index contributed by atoms with van der Waals surface area (Å²) in [5.74, 6) is 1.16. The number of hydrogen-bond donors (Lipinski definition) is 1. The molecule has 1 amide bonds. The van der Waals surface area contributed by atoms with Crippen molar-refractivity contribution in [3.8, 4) is 22.8 Å². The van der Waals surface area contributed by atoms with Gasteiger partial charge in [0.05, 0.1) is 19.1 Å². The number of carbonyl (C=O) groups excluding carboxylic acids is 1. The van der Waals surface area contributed by atoms with Gasteiger partial charge in [-0.1, -0.05) is 47.1 Å². The van der Waals surface area contributed by atoms with Gasteiger partial charge in [-0.3, -0.25) is 9.36 Å². The van der Waals surface area contributed by atoms with Gasteiger partial charge in [-0.15, -0.1) is 10.2 Å². The zero-order valence-corrected chi connectivity index (χ0v) is 20.3. The first-order valence-electron chi connectivity index (χ1n) is 10.1. The summed E-state index contributed by atoms with van der Waals surface area (Å²) in [4.78, 5) is 12.4. The molecular formula is C24H19Cl2N5O2S. The van der Waals surface area contributed by atoms with Crippen molar-refractivity contribution in [3.05, 3.63) is 88.4 Å². The van der Waals surface area contributed by atoms with Gasteiger partial charge in [-0.05, 0) is 66.2 Å². The molecule has 7 nitrogen and oxygen atoms in total. The molecule has 0 saturated carbocycles. The van der Waals surface area contributed by atoms with E-state index in [1.807, 2.05) is 53.1 Å². The highest BCUT2D eigenvalue weighted by atomic mass is 35.5. The van der Waals surface area contributed by atoms with Gasteiger partial charge >= 0.3 is 0 Å². The molecule has 4 rings (SSSR count). The van der Waals surface area contributed by atoms with Gasteiger partial charge in [0.1, 0.15) is 5.75 Å². The predicted molar refractivity (Wildman–Crippen MR) is 136 cm³/mol. The fourth-order valence-electron chi connectivity index (χ4n) is 3.04. The van der Waals surface area contributed by atoms with Crippen molar-refractivity contribution < 1.29 is 9.53 Å². The van der Waals surface area contributed by atoms with Gasteiger partial charge < -0.3 is 4.74 Å². The van der Waals surface area contributed by atoms with Crippen LogP contribution in [0.25, 0.3) is 17.1 Å². The van der Waals surface area contributed by atoms with Crippen LogP contribution >= 0.6 is 35.0 Å². The molecule has 0 fully saturated rings. The van der Waals surface area contributed by atoms with Crippen LogP contribution in [0.15, 0.2) is 83.1 Å². The summed E-state index contributed by atoms with van der Waals surface area (Å²) in [6.45, 7) is 0. The SMILES string of the molecule is COc1cccc(/C=N\NC(=O)CSc2nnc(-c3ccc(Cl)cc3)n2-c2ccc(Cl)cc2)c1. The Morgan fingerprint density at radius 2 is 1.76 bits per heavy atom. The fraction of sp³-hybridized carbons (Fsp3) is 0.0833. The summed E-state index contributed by atoms with van der Waals surface area (Å²) in [5, 5.41) is 14.5. The summed E-state index contributed by atoms with van der Waals surface area (Å²) >= 11 is 13.4. The third-order valence-corrected chi connectivity index (χ3v) is 6.08. The molecule has 4 aromatic rings. The van der Waals surface area contributed by atoms with Crippen LogP contribution in [-0.4, -0.2) is 39.7 Å². The topological polar surface area (TPSA) is 81.4 Å². The molecule has 0 aliphatic heterocycles. The quantitative estimate of drug-likeness (QED) is 0.192. The third-order valence-electron chi connectivity index (χ3n) is 4.65. The van der Waals surface area contributed by atoms with Crippen LogP contribution < -0.4 is 10.2 Å². The van der Waals surface area contributed by atoms with Crippen molar-refractivity contribution in [1.29, 1.82) is 0 Å². The molecule has 34 heavy (non-hydrogen) atoms. The molecule has 1 aromatic heterocycles. The smallest absolute Gasteiger partial charge is 0.250 e. The highest BCUT2D eigenvalue weighted by Gasteiger charge is 2.17. The zero-order chi connectivity index (χ0) is 23.9. The number of halogens is 2. The number of hydrazone groups is 1. The van der Waals surface area contributed by atoms with Crippen molar-refractivity contribution in [1.82, 2.24) is 20.2 Å². The number of hydrogen-bond acceptors (Lipinski definition) is 6. The molecule has 10 heteroatoms. The van der Waals surface area contributed by atoms with E-state index in [-0.39, 0.29) is 11.7 Å². The zero-order valence-electron chi connectivity index (χ0n) is 18.0. The molecule has 0 aliphatic carbocycles. The molecule has 3 aromatic carbocycles. The first kappa shape index (κ1) is 23.8. The number of nitrogens with one attached hydrogen (secondary N) is 1. The number of carbonyl (C=O) groups is 1. The number of methoxy groups -OCH3 is 1.